The molecule has 4 aromatic heterocycles. The Balaban J connectivity index is 1.11. The molecular weight excluding hydrogens is 763 g/mol. The molecule has 288 valence electrons. The van der Waals surface area contributed by atoms with Crippen LogP contribution >= 0.6 is 23.5 Å². The number of aromatic nitrogens is 10. The number of hydrogen-bond donors (Lipinski definition) is 4. The summed E-state index contributed by atoms with van der Waals surface area (Å²) in [6.45, 7) is 4.99. The first kappa shape index (κ1) is 37.6. The third-order valence-electron chi connectivity index (χ3n) is 10.0. The van der Waals surface area contributed by atoms with E-state index in [-0.39, 0.29) is 16.9 Å². The lowest BCUT2D eigenvalue weighted by Crippen LogP contribution is -2.47. The predicted molar refractivity (Wildman–Crippen MR) is 215 cm³/mol. The van der Waals surface area contributed by atoms with Crippen molar-refractivity contribution in [3.05, 3.63) is 98.1 Å². The number of nitrogens with zero attached hydrogens (tertiary/aromatic N) is 11. The van der Waals surface area contributed by atoms with Crippen LogP contribution < -0.4 is 25.7 Å². The number of rotatable bonds is 11. The predicted octanol–water partition coefficient (Wildman–Crippen LogP) is 3.38. The maximum atomic E-state index is 13.1. The molecule has 8 rings (SSSR count). The molecule has 0 radical (unpaired) electrons. The number of piperazine rings is 1. The lowest BCUT2D eigenvalue weighted by molar-refractivity contribution is -0.716. The molecule has 57 heavy (non-hydrogen) atoms. The lowest BCUT2D eigenvalue weighted by Gasteiger charge is -2.35. The van der Waals surface area contributed by atoms with Crippen LogP contribution in [-0.4, -0.2) is 97.2 Å². The molecular formula is C38H38N15O2S2+. The second-order valence-corrected chi connectivity index (χ2v) is 15.7. The van der Waals surface area contributed by atoms with Gasteiger partial charge in [0.05, 0.1) is 43.5 Å². The van der Waals surface area contributed by atoms with Crippen LogP contribution in [0.25, 0.3) is 27.9 Å². The molecule has 0 bridgehead atoms. The molecule has 0 amide bonds. The average molecular weight is 801 g/mol. The van der Waals surface area contributed by atoms with Gasteiger partial charge in [0.15, 0.2) is 5.82 Å². The van der Waals surface area contributed by atoms with Crippen LogP contribution in [0.5, 0.6) is 0 Å². The van der Waals surface area contributed by atoms with Crippen LogP contribution in [0.2, 0.25) is 0 Å². The number of para-hydroxylation sites is 1. The second kappa shape index (κ2) is 16.8. The number of anilines is 2. The van der Waals surface area contributed by atoms with Gasteiger partial charge in [-0.25, -0.2) is 0 Å². The molecule has 17 nitrogen and oxygen atoms in total. The van der Waals surface area contributed by atoms with Crippen molar-refractivity contribution in [2.75, 3.05) is 56.1 Å². The molecule has 6 heterocycles. The number of aromatic amines is 4. The normalized spacial score (nSPS) is 14.7. The molecule has 0 atom stereocenters. The Morgan fingerprint density at radius 1 is 0.754 bits per heavy atom. The summed E-state index contributed by atoms with van der Waals surface area (Å²) < 4.78 is 0. The van der Waals surface area contributed by atoms with E-state index in [2.05, 4.69) is 86.9 Å². The van der Waals surface area contributed by atoms with Gasteiger partial charge in [0.2, 0.25) is 16.8 Å². The van der Waals surface area contributed by atoms with Gasteiger partial charge in [0, 0.05) is 73.8 Å². The van der Waals surface area contributed by atoms with E-state index in [4.69, 9.17) is 5.10 Å². The van der Waals surface area contributed by atoms with Crippen LogP contribution in [0.4, 0.5) is 11.4 Å². The number of nitrogens with one attached hydrogen (secondary N) is 4. The van der Waals surface area contributed by atoms with Gasteiger partial charge in [-0.3, -0.25) is 9.59 Å². The number of thioether (sulfide) groups is 2. The summed E-state index contributed by atoms with van der Waals surface area (Å²) in [5.41, 5.74) is 5.15. The minimum atomic E-state index is -0.352. The number of H-pyrrole nitrogens is 4. The van der Waals surface area contributed by atoms with Crippen LogP contribution in [0.1, 0.15) is 42.0 Å². The van der Waals surface area contributed by atoms with Crippen molar-refractivity contribution in [3.8, 4) is 40.1 Å². The minimum Gasteiger partial charge on any atom is -0.372 e. The average Bonchev–Trinajstić information content (AvgIpc) is 3.95. The summed E-state index contributed by atoms with van der Waals surface area (Å²) >= 11 is 2.53. The first-order chi connectivity index (χ1) is 27.9. The molecule has 0 aliphatic carbocycles. The molecule has 2 aliphatic heterocycles. The topological polar surface area (TPSA) is 223 Å². The van der Waals surface area contributed by atoms with Gasteiger partial charge < -0.3 is 24.7 Å². The van der Waals surface area contributed by atoms with Crippen molar-refractivity contribution in [2.45, 2.75) is 40.8 Å². The zero-order valence-corrected chi connectivity index (χ0v) is 32.7. The highest BCUT2D eigenvalue weighted by atomic mass is 32.2. The van der Waals surface area contributed by atoms with E-state index in [9.17, 15) is 20.1 Å². The maximum Gasteiger partial charge on any atom is 0.319 e. The summed E-state index contributed by atoms with van der Waals surface area (Å²) in [6.07, 6.45) is 3.51. The molecule has 0 spiro atoms. The first-order valence-electron chi connectivity index (χ1n) is 18.5. The smallest absolute Gasteiger partial charge is 0.319 e. The van der Waals surface area contributed by atoms with Crippen LogP contribution in [0.3, 0.4) is 0 Å². The first-order valence-corrected chi connectivity index (χ1v) is 20.4. The molecule has 2 saturated heterocycles. The number of pyridine rings is 2. The van der Waals surface area contributed by atoms with Crippen molar-refractivity contribution in [2.24, 2.45) is 0 Å². The molecule has 0 saturated carbocycles. The van der Waals surface area contributed by atoms with E-state index < -0.39 is 0 Å². The van der Waals surface area contributed by atoms with Gasteiger partial charge in [-0.15, -0.1) is 10.2 Å². The molecule has 0 unspecified atom stereocenters. The van der Waals surface area contributed by atoms with Gasteiger partial charge in [0.1, 0.15) is 12.1 Å². The van der Waals surface area contributed by atoms with E-state index in [1.807, 2.05) is 30.3 Å². The summed E-state index contributed by atoms with van der Waals surface area (Å²) in [4.78, 5) is 40.2. The van der Waals surface area contributed by atoms with E-state index in [0.717, 1.165) is 56.0 Å². The van der Waals surface area contributed by atoms with Crippen LogP contribution in [-0.2, 0) is 11.5 Å². The molecule has 19 heteroatoms. The fraction of sp³-hybridized carbons (Fsp3) is 0.316. The number of piperidine rings is 1. The highest BCUT2D eigenvalue weighted by molar-refractivity contribution is 7.98. The third kappa shape index (κ3) is 8.17. The SMILES string of the molecule is CN1CCN(c2c(-c3cc(=O)[nH]c(SCc4nn[nH]n4)c3C#N)cccc2-[n+]2nc(CSc3[nH]c(=O)cc(-c4cccc(N5CCCCC5)c4)c3C#N)n[nH]2)CC1. The fourth-order valence-electron chi connectivity index (χ4n) is 7.21. The largest absolute Gasteiger partial charge is 0.372 e. The van der Waals surface area contributed by atoms with E-state index in [1.165, 1.54) is 42.1 Å². The Kier molecular flexibility index (Phi) is 11.1. The van der Waals surface area contributed by atoms with Gasteiger partial charge in [0.25, 0.3) is 0 Å². The summed E-state index contributed by atoms with van der Waals surface area (Å²) in [7, 11) is 2.07. The summed E-state index contributed by atoms with van der Waals surface area (Å²) in [5, 5.41) is 48.0. The van der Waals surface area contributed by atoms with Crippen molar-refractivity contribution in [1.82, 2.24) is 50.9 Å². The summed E-state index contributed by atoms with van der Waals surface area (Å²) in [5.74, 6) is 1.42. The van der Waals surface area contributed by atoms with E-state index in [0.29, 0.717) is 74.0 Å². The van der Waals surface area contributed by atoms with Gasteiger partial charge in [-0.2, -0.15) is 15.7 Å². The number of benzene rings is 2. The maximum absolute atomic E-state index is 13.1. The Morgan fingerprint density at radius 3 is 2.14 bits per heavy atom. The molecule has 2 aliphatic rings. The summed E-state index contributed by atoms with van der Waals surface area (Å²) in [6, 6.07) is 21.3. The van der Waals surface area contributed by atoms with E-state index in [1.54, 1.807) is 4.80 Å². The highest BCUT2D eigenvalue weighted by Gasteiger charge is 2.28. The van der Waals surface area contributed by atoms with Gasteiger partial charge >= 0.3 is 5.82 Å². The van der Waals surface area contributed by atoms with Crippen molar-refractivity contribution >= 4 is 34.9 Å². The van der Waals surface area contributed by atoms with E-state index >= 15 is 0 Å². The zero-order chi connectivity index (χ0) is 39.3. The molecule has 4 N–H and O–H groups in total. The van der Waals surface area contributed by atoms with Crippen molar-refractivity contribution in [1.29, 1.82) is 10.5 Å². The number of tetrazole rings is 2. The molecule has 2 fully saturated rings. The Morgan fingerprint density at radius 2 is 1.44 bits per heavy atom. The Bertz CT molecular complexity index is 2590. The van der Waals surface area contributed by atoms with Crippen molar-refractivity contribution in [3.63, 3.8) is 0 Å². The number of likely N-dealkylation sites (N-methyl/N-ethyl adjacent to an activating group) is 1. The molecule has 6 aromatic rings. The van der Waals surface area contributed by atoms with Crippen LogP contribution in [0.15, 0.2) is 74.2 Å². The Labute approximate surface area is 335 Å². The van der Waals surface area contributed by atoms with Gasteiger partial charge in [-0.1, -0.05) is 53.0 Å². The standard InChI is InChI=1S/C38H37N15O2S2/c1-50-13-15-52(16-14-50)36-26(28-19-35(55)42-38(30(28)21-40)56-22-32-43-47-48-44-32)9-6-10-31(36)53-46-33(45-49-53)23-57-37-29(20-39)27(18-34(54)41-37)24-7-5-8-25(17-24)51-11-3-2-4-12-51/h5-10,17-19H,2-4,11-16,22-23H2,1H3,(H3,41,42,43,44,47,48,54,55)/p+1. The monoisotopic (exact) mass is 800 g/mol. The highest BCUT2D eigenvalue weighted by Crippen LogP contribution is 2.39. The number of hydrogen-bond acceptors (Lipinski definition) is 14. The quantitative estimate of drug-likeness (QED) is 0.109. The lowest BCUT2D eigenvalue weighted by atomic mass is 9.98. The number of nitriles is 2. The third-order valence-corrected chi connectivity index (χ3v) is 12.0. The Hall–Kier alpha value is -6.28. The van der Waals surface area contributed by atoms with Gasteiger partial charge in [-0.05, 0) is 65.2 Å². The van der Waals surface area contributed by atoms with Crippen LogP contribution in [0, 0.1) is 22.7 Å². The van der Waals surface area contributed by atoms with Crippen molar-refractivity contribution < 1.29 is 4.80 Å². The minimum absolute atomic E-state index is 0.253. The fourth-order valence-corrected chi connectivity index (χ4v) is 8.94. The second-order valence-electron chi connectivity index (χ2n) is 13.7. The molecule has 2 aromatic carbocycles. The zero-order valence-electron chi connectivity index (χ0n) is 31.0.